The molecule has 1 aromatic heterocycles. The van der Waals surface area contributed by atoms with Crippen LogP contribution in [-0.2, 0) is 0 Å². The van der Waals surface area contributed by atoms with Crippen LogP contribution in [-0.4, -0.2) is 40.2 Å². The van der Waals surface area contributed by atoms with Crippen molar-refractivity contribution in [3.05, 3.63) is 18.0 Å². The predicted molar refractivity (Wildman–Crippen MR) is 67.9 cm³/mol. The molecule has 1 rings (SSSR count). The van der Waals surface area contributed by atoms with Gasteiger partial charge in [0.05, 0.1) is 18.3 Å². The molecule has 1 unspecified atom stereocenters. The zero-order chi connectivity index (χ0) is 13.2. The molecule has 3 N–H and O–H groups in total. The lowest BCUT2D eigenvalue weighted by Crippen LogP contribution is -2.38. The van der Waals surface area contributed by atoms with Gasteiger partial charge in [-0.1, -0.05) is 0 Å². The van der Waals surface area contributed by atoms with E-state index in [0.29, 0.717) is 11.4 Å². The van der Waals surface area contributed by atoms with Crippen molar-refractivity contribution < 1.29 is 9.90 Å². The maximum atomic E-state index is 12.2. The van der Waals surface area contributed by atoms with Crippen molar-refractivity contribution in [2.45, 2.75) is 32.9 Å². The van der Waals surface area contributed by atoms with Gasteiger partial charge in [0.2, 0.25) is 0 Å². The van der Waals surface area contributed by atoms with E-state index in [-0.39, 0.29) is 24.6 Å². The number of carbonyl (C=O) groups excluding carboxylic acids is 1. The highest BCUT2D eigenvalue weighted by molar-refractivity contribution is 5.94. The van der Waals surface area contributed by atoms with Gasteiger partial charge in [-0.05, 0) is 26.8 Å². The van der Waals surface area contributed by atoms with Gasteiger partial charge >= 0.3 is 0 Å². The molecule has 0 spiro atoms. The van der Waals surface area contributed by atoms with E-state index in [1.54, 1.807) is 26.2 Å². The number of aliphatic hydroxyl groups excluding tert-OH is 1. The fourth-order valence-electron chi connectivity index (χ4n) is 1.60. The Hall–Kier alpha value is -1.49. The van der Waals surface area contributed by atoms with Crippen molar-refractivity contribution >= 4 is 11.6 Å². The van der Waals surface area contributed by atoms with Crippen LogP contribution in [0.3, 0.4) is 0 Å². The number of aliphatic hydroxyl groups is 1. The van der Waals surface area contributed by atoms with Crippen LogP contribution in [0.1, 0.15) is 37.3 Å². The minimum Gasteiger partial charge on any atom is -0.397 e. The van der Waals surface area contributed by atoms with E-state index in [4.69, 9.17) is 10.8 Å². The van der Waals surface area contributed by atoms with Crippen LogP contribution < -0.4 is 5.73 Å². The summed E-state index contributed by atoms with van der Waals surface area (Å²) in [5.41, 5.74) is 6.85. The standard InChI is InChI=1S/C12H21N3O2/c1-8(2)15-6-10(13)5-11(15)12(17)14(4)9(3)7-16/h5-6,8-9,16H,7,13H2,1-4H3. The lowest BCUT2D eigenvalue weighted by Gasteiger charge is -2.24. The number of nitrogens with zero attached hydrogens (tertiary/aromatic N) is 2. The van der Waals surface area contributed by atoms with Gasteiger partial charge in [0.1, 0.15) is 5.69 Å². The van der Waals surface area contributed by atoms with Crippen molar-refractivity contribution in [1.82, 2.24) is 9.47 Å². The van der Waals surface area contributed by atoms with Gasteiger partial charge in [0, 0.05) is 19.3 Å². The number of hydrogen-bond donors (Lipinski definition) is 2. The Morgan fingerprint density at radius 1 is 1.53 bits per heavy atom. The number of anilines is 1. The lowest BCUT2D eigenvalue weighted by atomic mass is 10.2. The Labute approximate surface area is 102 Å². The van der Waals surface area contributed by atoms with Gasteiger partial charge in [-0.25, -0.2) is 0 Å². The smallest absolute Gasteiger partial charge is 0.270 e. The Balaban J connectivity index is 3.03. The summed E-state index contributed by atoms with van der Waals surface area (Å²) in [5.74, 6) is -0.128. The summed E-state index contributed by atoms with van der Waals surface area (Å²) < 4.78 is 1.85. The van der Waals surface area contributed by atoms with Crippen molar-refractivity contribution in [2.75, 3.05) is 19.4 Å². The highest BCUT2D eigenvalue weighted by Gasteiger charge is 2.21. The molecule has 0 aliphatic carbocycles. The monoisotopic (exact) mass is 239 g/mol. The number of nitrogens with two attached hydrogens (primary N) is 1. The van der Waals surface area contributed by atoms with Gasteiger partial charge in [-0.15, -0.1) is 0 Å². The van der Waals surface area contributed by atoms with Crippen LogP contribution in [0, 0.1) is 0 Å². The molecule has 1 amide bonds. The summed E-state index contributed by atoms with van der Waals surface area (Å²) in [6.07, 6.45) is 1.76. The third-order valence-electron chi connectivity index (χ3n) is 2.89. The van der Waals surface area contributed by atoms with Gasteiger partial charge in [0.25, 0.3) is 5.91 Å². The van der Waals surface area contributed by atoms with Crippen LogP contribution in [0.15, 0.2) is 12.3 Å². The Morgan fingerprint density at radius 3 is 2.59 bits per heavy atom. The molecule has 1 aromatic rings. The van der Waals surface area contributed by atoms with Crippen LogP contribution in [0.2, 0.25) is 0 Å². The van der Waals surface area contributed by atoms with Crippen molar-refractivity contribution in [2.24, 2.45) is 0 Å². The van der Waals surface area contributed by atoms with E-state index in [9.17, 15) is 4.79 Å². The summed E-state index contributed by atoms with van der Waals surface area (Å²) in [6.45, 7) is 5.72. The zero-order valence-corrected chi connectivity index (χ0v) is 10.8. The SMILES string of the molecule is CC(CO)N(C)C(=O)c1cc(N)cn1C(C)C. The molecule has 5 heteroatoms. The van der Waals surface area contributed by atoms with Gasteiger partial charge in [-0.2, -0.15) is 0 Å². The highest BCUT2D eigenvalue weighted by atomic mass is 16.3. The predicted octanol–water partition coefficient (Wildman–Crippen LogP) is 1.10. The molecular weight excluding hydrogens is 218 g/mol. The number of hydrogen-bond acceptors (Lipinski definition) is 3. The normalized spacial score (nSPS) is 12.8. The largest absolute Gasteiger partial charge is 0.397 e. The average molecular weight is 239 g/mol. The molecule has 17 heavy (non-hydrogen) atoms. The molecule has 0 radical (unpaired) electrons. The maximum Gasteiger partial charge on any atom is 0.270 e. The van der Waals surface area contributed by atoms with E-state index in [1.165, 1.54) is 4.90 Å². The third-order valence-corrected chi connectivity index (χ3v) is 2.89. The number of carbonyl (C=O) groups is 1. The molecule has 1 atom stereocenters. The topological polar surface area (TPSA) is 71.5 Å². The van der Waals surface area contributed by atoms with E-state index >= 15 is 0 Å². The van der Waals surface area contributed by atoms with E-state index in [1.807, 2.05) is 18.4 Å². The minimum atomic E-state index is -0.209. The fraction of sp³-hybridized carbons (Fsp3) is 0.583. The zero-order valence-electron chi connectivity index (χ0n) is 10.8. The molecule has 0 fully saturated rings. The molecule has 1 heterocycles. The Kier molecular flexibility index (Phi) is 4.17. The molecule has 0 saturated carbocycles. The molecular formula is C12H21N3O2. The molecule has 96 valence electrons. The molecule has 5 nitrogen and oxygen atoms in total. The van der Waals surface area contributed by atoms with E-state index in [2.05, 4.69) is 0 Å². The summed E-state index contributed by atoms with van der Waals surface area (Å²) in [5, 5.41) is 9.06. The quantitative estimate of drug-likeness (QED) is 0.826. The minimum absolute atomic E-state index is 0.0554. The Morgan fingerprint density at radius 2 is 2.12 bits per heavy atom. The molecule has 0 aliphatic rings. The Bertz CT molecular complexity index is 398. The average Bonchev–Trinajstić information content (AvgIpc) is 2.68. The van der Waals surface area contributed by atoms with Crippen LogP contribution in [0.25, 0.3) is 0 Å². The second-order valence-electron chi connectivity index (χ2n) is 4.61. The van der Waals surface area contributed by atoms with Gasteiger partial charge in [-0.3, -0.25) is 4.79 Å². The van der Waals surface area contributed by atoms with Gasteiger partial charge in [0.15, 0.2) is 0 Å². The lowest BCUT2D eigenvalue weighted by molar-refractivity contribution is 0.0670. The number of amides is 1. The van der Waals surface area contributed by atoms with Crippen molar-refractivity contribution in [3.8, 4) is 0 Å². The highest BCUT2D eigenvalue weighted by Crippen LogP contribution is 2.18. The first-order chi connectivity index (χ1) is 7.88. The summed E-state index contributed by atoms with van der Waals surface area (Å²) in [6, 6.07) is 1.63. The third kappa shape index (κ3) is 2.79. The number of nitrogen functional groups attached to an aromatic ring is 1. The fourth-order valence-corrected chi connectivity index (χ4v) is 1.60. The number of rotatable bonds is 4. The van der Waals surface area contributed by atoms with E-state index < -0.39 is 0 Å². The van der Waals surface area contributed by atoms with Crippen LogP contribution in [0.5, 0.6) is 0 Å². The van der Waals surface area contributed by atoms with Crippen molar-refractivity contribution in [3.63, 3.8) is 0 Å². The summed E-state index contributed by atoms with van der Waals surface area (Å²) in [7, 11) is 1.68. The van der Waals surface area contributed by atoms with Gasteiger partial charge < -0.3 is 20.3 Å². The molecule has 0 bridgehead atoms. The molecule has 0 aliphatic heterocycles. The number of likely N-dealkylation sites (N-methyl/N-ethyl adjacent to an activating group) is 1. The maximum absolute atomic E-state index is 12.2. The van der Waals surface area contributed by atoms with Crippen LogP contribution >= 0.6 is 0 Å². The van der Waals surface area contributed by atoms with Crippen LogP contribution in [0.4, 0.5) is 5.69 Å². The first kappa shape index (κ1) is 13.6. The summed E-state index contributed by atoms with van der Waals surface area (Å²) >= 11 is 0. The first-order valence-electron chi connectivity index (χ1n) is 5.73. The summed E-state index contributed by atoms with van der Waals surface area (Å²) in [4.78, 5) is 13.7. The number of aromatic nitrogens is 1. The van der Waals surface area contributed by atoms with Crippen molar-refractivity contribution in [1.29, 1.82) is 0 Å². The molecule has 0 saturated heterocycles. The van der Waals surface area contributed by atoms with E-state index in [0.717, 1.165) is 0 Å². The first-order valence-corrected chi connectivity index (χ1v) is 5.73. The second kappa shape index (κ2) is 5.23. The molecule has 0 aromatic carbocycles. The second-order valence-corrected chi connectivity index (χ2v) is 4.61.